The van der Waals surface area contributed by atoms with Crippen LogP contribution < -0.4 is 0 Å². The van der Waals surface area contributed by atoms with Crippen LogP contribution in [0, 0.1) is 12.3 Å². The maximum atomic E-state index is 12.1. The molecule has 1 aliphatic carbocycles. The molecule has 0 amide bonds. The van der Waals surface area contributed by atoms with E-state index in [0.717, 1.165) is 23.5 Å². The fourth-order valence-corrected chi connectivity index (χ4v) is 2.62. The number of carbonyl (C=O) groups is 1. The number of pyridine rings is 1. The molecule has 2 aromatic heterocycles. The van der Waals surface area contributed by atoms with Crippen molar-refractivity contribution in [2.24, 2.45) is 5.41 Å². The van der Waals surface area contributed by atoms with E-state index in [1.54, 1.807) is 6.20 Å². The Morgan fingerprint density at radius 1 is 1.15 bits per heavy atom. The van der Waals surface area contributed by atoms with E-state index in [-0.39, 0.29) is 11.2 Å². The predicted octanol–water partition coefficient (Wildman–Crippen LogP) is 3.00. The lowest BCUT2D eigenvalue weighted by molar-refractivity contribution is 0.0910. The van der Waals surface area contributed by atoms with Gasteiger partial charge in [-0.15, -0.1) is 0 Å². The Balaban J connectivity index is 2.07. The smallest absolute Gasteiger partial charge is 0.178 e. The van der Waals surface area contributed by atoms with Gasteiger partial charge in [0.2, 0.25) is 0 Å². The summed E-state index contributed by atoms with van der Waals surface area (Å²) in [6, 6.07) is 5.77. The van der Waals surface area contributed by atoms with Crippen LogP contribution in [0.5, 0.6) is 0 Å². The van der Waals surface area contributed by atoms with Crippen molar-refractivity contribution >= 4 is 5.78 Å². The van der Waals surface area contributed by atoms with Crippen LogP contribution in [0.15, 0.2) is 24.4 Å². The van der Waals surface area contributed by atoms with Crippen molar-refractivity contribution in [2.45, 2.75) is 33.6 Å². The van der Waals surface area contributed by atoms with Crippen LogP contribution >= 0.6 is 0 Å². The van der Waals surface area contributed by atoms with Gasteiger partial charge in [0.1, 0.15) is 5.69 Å². The summed E-state index contributed by atoms with van der Waals surface area (Å²) in [5.41, 5.74) is 3.17. The van der Waals surface area contributed by atoms with Gasteiger partial charge < -0.3 is 0 Å². The minimum Gasteiger partial charge on any atom is -0.294 e. The van der Waals surface area contributed by atoms with E-state index >= 15 is 0 Å². The molecule has 0 aliphatic heterocycles. The van der Waals surface area contributed by atoms with Crippen LogP contribution in [0.3, 0.4) is 0 Å². The molecule has 2 heterocycles. The highest BCUT2D eigenvalue weighted by atomic mass is 16.1. The van der Waals surface area contributed by atoms with Gasteiger partial charge in [0.15, 0.2) is 11.6 Å². The van der Waals surface area contributed by atoms with Crippen LogP contribution in [-0.4, -0.2) is 20.7 Å². The van der Waals surface area contributed by atoms with E-state index < -0.39 is 0 Å². The van der Waals surface area contributed by atoms with E-state index in [1.807, 2.05) is 25.1 Å². The largest absolute Gasteiger partial charge is 0.294 e. The van der Waals surface area contributed by atoms with Crippen molar-refractivity contribution in [3.63, 3.8) is 0 Å². The first-order valence-corrected chi connectivity index (χ1v) is 6.78. The number of fused-ring (bicyclic) bond motifs is 1. The molecular weight excluding hydrogens is 250 g/mol. The summed E-state index contributed by atoms with van der Waals surface area (Å²) in [7, 11) is 0. The standard InChI is InChI=1S/C16H17N3O/c1-10-5-4-6-12(18-10)15-17-9-11-13(19-15)7-16(2,3)8-14(11)20/h4-6,9H,7-8H2,1-3H3. The van der Waals surface area contributed by atoms with Gasteiger partial charge in [0, 0.05) is 18.3 Å². The Bertz CT molecular complexity index is 692. The number of hydrogen-bond acceptors (Lipinski definition) is 4. The average molecular weight is 267 g/mol. The van der Waals surface area contributed by atoms with Crippen LogP contribution in [0.2, 0.25) is 0 Å². The third-order valence-electron chi connectivity index (χ3n) is 3.57. The number of aromatic nitrogens is 3. The second-order valence-electron chi connectivity index (χ2n) is 6.16. The van der Waals surface area contributed by atoms with Gasteiger partial charge >= 0.3 is 0 Å². The maximum Gasteiger partial charge on any atom is 0.178 e. The topological polar surface area (TPSA) is 55.7 Å². The van der Waals surface area contributed by atoms with Gasteiger partial charge in [0.05, 0.1) is 11.3 Å². The molecule has 0 saturated heterocycles. The Morgan fingerprint density at radius 3 is 2.70 bits per heavy atom. The molecule has 0 atom stereocenters. The quantitative estimate of drug-likeness (QED) is 0.797. The molecule has 1 aliphatic rings. The molecule has 4 nitrogen and oxygen atoms in total. The third-order valence-corrected chi connectivity index (χ3v) is 3.57. The second-order valence-corrected chi connectivity index (χ2v) is 6.16. The summed E-state index contributed by atoms with van der Waals surface area (Å²) in [6.45, 7) is 6.13. The highest BCUT2D eigenvalue weighted by molar-refractivity contribution is 5.98. The molecule has 0 radical (unpaired) electrons. The minimum atomic E-state index is -0.0320. The molecule has 0 spiro atoms. The van der Waals surface area contributed by atoms with Crippen LogP contribution in [0.1, 0.15) is 42.0 Å². The van der Waals surface area contributed by atoms with Crippen LogP contribution in [0.4, 0.5) is 0 Å². The van der Waals surface area contributed by atoms with Crippen molar-refractivity contribution < 1.29 is 4.79 Å². The lowest BCUT2D eigenvalue weighted by Crippen LogP contribution is -2.28. The number of hydrogen-bond donors (Lipinski definition) is 0. The monoisotopic (exact) mass is 267 g/mol. The summed E-state index contributed by atoms with van der Waals surface area (Å²) in [5, 5.41) is 0. The SMILES string of the molecule is Cc1cccc(-c2ncc3c(n2)CC(C)(C)CC3=O)n1. The van der Waals surface area contributed by atoms with Gasteiger partial charge in [-0.1, -0.05) is 19.9 Å². The average Bonchev–Trinajstić information content (AvgIpc) is 2.36. The Morgan fingerprint density at radius 2 is 1.95 bits per heavy atom. The fourth-order valence-electron chi connectivity index (χ4n) is 2.62. The highest BCUT2D eigenvalue weighted by Crippen LogP contribution is 2.34. The van der Waals surface area contributed by atoms with Gasteiger partial charge in [-0.05, 0) is 30.9 Å². The van der Waals surface area contributed by atoms with Crippen LogP contribution in [0.25, 0.3) is 11.5 Å². The Hall–Kier alpha value is -2.10. The van der Waals surface area contributed by atoms with Gasteiger partial charge in [0.25, 0.3) is 0 Å². The van der Waals surface area contributed by atoms with E-state index in [4.69, 9.17) is 0 Å². The molecule has 0 aromatic carbocycles. The zero-order valence-electron chi connectivity index (χ0n) is 12.0. The molecule has 2 aromatic rings. The summed E-state index contributed by atoms with van der Waals surface area (Å²) < 4.78 is 0. The number of carbonyl (C=O) groups excluding carboxylic acids is 1. The minimum absolute atomic E-state index is 0.0320. The first-order valence-electron chi connectivity index (χ1n) is 6.78. The predicted molar refractivity (Wildman–Crippen MR) is 76.4 cm³/mol. The van der Waals surface area contributed by atoms with Crippen molar-refractivity contribution in [3.8, 4) is 11.5 Å². The second kappa shape index (κ2) is 4.47. The first-order chi connectivity index (χ1) is 9.44. The Labute approximate surface area is 118 Å². The summed E-state index contributed by atoms with van der Waals surface area (Å²) in [5.74, 6) is 0.734. The van der Waals surface area contributed by atoms with Crippen LogP contribution in [-0.2, 0) is 6.42 Å². The van der Waals surface area contributed by atoms with Crippen molar-refractivity contribution in [2.75, 3.05) is 0 Å². The fraction of sp³-hybridized carbons (Fsp3) is 0.375. The van der Waals surface area contributed by atoms with Crippen molar-refractivity contribution in [1.82, 2.24) is 15.0 Å². The zero-order chi connectivity index (χ0) is 14.3. The van der Waals surface area contributed by atoms with Crippen molar-refractivity contribution in [1.29, 1.82) is 0 Å². The highest BCUT2D eigenvalue weighted by Gasteiger charge is 2.32. The molecule has 102 valence electrons. The molecule has 0 fully saturated rings. The molecule has 20 heavy (non-hydrogen) atoms. The number of rotatable bonds is 1. The normalized spacial score (nSPS) is 16.9. The molecule has 0 unspecified atom stereocenters. The van der Waals surface area contributed by atoms with Gasteiger partial charge in [-0.3, -0.25) is 4.79 Å². The lowest BCUT2D eigenvalue weighted by atomic mass is 9.76. The first kappa shape index (κ1) is 12.9. The maximum absolute atomic E-state index is 12.1. The molecule has 4 heteroatoms. The lowest BCUT2D eigenvalue weighted by Gasteiger charge is -2.29. The summed E-state index contributed by atoms with van der Waals surface area (Å²) >= 11 is 0. The van der Waals surface area contributed by atoms with E-state index in [2.05, 4.69) is 28.8 Å². The van der Waals surface area contributed by atoms with Gasteiger partial charge in [-0.25, -0.2) is 15.0 Å². The molecule has 0 saturated carbocycles. The van der Waals surface area contributed by atoms with Crippen molar-refractivity contribution in [3.05, 3.63) is 41.3 Å². The number of Topliss-reactive ketones (excluding diaryl/α,β-unsaturated/α-hetero) is 1. The number of ketones is 1. The molecule has 0 bridgehead atoms. The van der Waals surface area contributed by atoms with E-state index in [1.165, 1.54) is 0 Å². The zero-order valence-corrected chi connectivity index (χ0v) is 12.0. The van der Waals surface area contributed by atoms with E-state index in [0.29, 0.717) is 17.8 Å². The van der Waals surface area contributed by atoms with Gasteiger partial charge in [-0.2, -0.15) is 0 Å². The molecular formula is C16H17N3O. The number of aryl methyl sites for hydroxylation is 1. The summed E-state index contributed by atoms with van der Waals surface area (Å²) in [6.07, 6.45) is 3.01. The van der Waals surface area contributed by atoms with E-state index in [9.17, 15) is 4.79 Å². The Kier molecular flexibility index (Phi) is 2.89. The summed E-state index contributed by atoms with van der Waals surface area (Å²) in [4.78, 5) is 25.4. The molecule has 3 rings (SSSR count). The number of nitrogens with zero attached hydrogens (tertiary/aromatic N) is 3. The third kappa shape index (κ3) is 2.33. The molecule has 0 N–H and O–H groups in total.